The maximum atomic E-state index is 12.8. The first-order valence-electron chi connectivity index (χ1n) is 8.56. The Labute approximate surface area is 135 Å². The zero-order chi connectivity index (χ0) is 16.5. The molecule has 2 N–H and O–H groups in total. The summed E-state index contributed by atoms with van der Waals surface area (Å²) in [4.78, 5) is 2.33. The van der Waals surface area contributed by atoms with Crippen molar-refractivity contribution in [2.75, 3.05) is 13.1 Å². The van der Waals surface area contributed by atoms with Crippen LogP contribution in [-0.4, -0.2) is 23.5 Å². The number of hydrogen-bond donors (Lipinski definition) is 1. The predicted molar refractivity (Wildman–Crippen MR) is 85.0 cm³/mol. The van der Waals surface area contributed by atoms with Crippen LogP contribution in [0.1, 0.15) is 55.2 Å². The normalized spacial score (nSPS) is 21.9. The Kier molecular flexibility index (Phi) is 4.70. The molecular formula is C18H25F3N2. The van der Waals surface area contributed by atoms with Gasteiger partial charge in [0.15, 0.2) is 0 Å². The average molecular weight is 326 g/mol. The van der Waals surface area contributed by atoms with E-state index in [1.165, 1.54) is 31.4 Å². The number of alkyl halides is 3. The van der Waals surface area contributed by atoms with Crippen molar-refractivity contribution in [1.29, 1.82) is 0 Å². The van der Waals surface area contributed by atoms with Crippen LogP contribution >= 0.6 is 0 Å². The molecule has 0 radical (unpaired) electrons. The first-order valence-corrected chi connectivity index (χ1v) is 8.56. The molecule has 0 bridgehead atoms. The van der Waals surface area contributed by atoms with Crippen molar-refractivity contribution < 1.29 is 13.2 Å². The van der Waals surface area contributed by atoms with Gasteiger partial charge >= 0.3 is 6.18 Å². The van der Waals surface area contributed by atoms with Gasteiger partial charge in [-0.1, -0.05) is 25.3 Å². The first kappa shape index (κ1) is 16.8. The van der Waals surface area contributed by atoms with Crippen molar-refractivity contribution in [2.45, 2.75) is 63.2 Å². The number of halogens is 3. The average Bonchev–Trinajstić information content (AvgIpc) is 2.52. The molecule has 2 aliphatic rings. The van der Waals surface area contributed by atoms with Gasteiger partial charge in [-0.15, -0.1) is 0 Å². The Morgan fingerprint density at radius 2 is 1.83 bits per heavy atom. The summed E-state index contributed by atoms with van der Waals surface area (Å²) in [5.74, 6) is 0. The van der Waals surface area contributed by atoms with Gasteiger partial charge in [0.25, 0.3) is 0 Å². The SMILES string of the molecule is NC1(CCN2CCc3cc(C(F)(F)F)ccc3C2)CCCCC1. The summed E-state index contributed by atoms with van der Waals surface area (Å²) in [6.45, 7) is 2.50. The van der Waals surface area contributed by atoms with Crippen molar-refractivity contribution in [3.63, 3.8) is 0 Å². The van der Waals surface area contributed by atoms with E-state index in [2.05, 4.69) is 4.90 Å². The lowest BCUT2D eigenvalue weighted by Gasteiger charge is -2.37. The zero-order valence-corrected chi connectivity index (χ0v) is 13.5. The fourth-order valence-electron chi connectivity index (χ4n) is 3.87. The van der Waals surface area contributed by atoms with Crippen LogP contribution in [0.25, 0.3) is 0 Å². The minimum atomic E-state index is -4.25. The quantitative estimate of drug-likeness (QED) is 0.905. The standard InChI is InChI=1S/C18H25F3N2/c19-18(20,21)16-5-4-15-13-23(10-6-14(15)12-16)11-9-17(22)7-2-1-3-8-17/h4-5,12H,1-3,6-11,13,22H2. The molecule has 1 saturated carbocycles. The largest absolute Gasteiger partial charge is 0.416 e. The topological polar surface area (TPSA) is 29.3 Å². The molecule has 128 valence electrons. The second kappa shape index (κ2) is 6.44. The highest BCUT2D eigenvalue weighted by atomic mass is 19.4. The van der Waals surface area contributed by atoms with Gasteiger partial charge in [-0.25, -0.2) is 0 Å². The molecule has 0 atom stereocenters. The van der Waals surface area contributed by atoms with Crippen molar-refractivity contribution in [1.82, 2.24) is 4.90 Å². The molecule has 0 unspecified atom stereocenters. The fourth-order valence-corrected chi connectivity index (χ4v) is 3.87. The van der Waals surface area contributed by atoms with E-state index >= 15 is 0 Å². The molecule has 1 aliphatic heterocycles. The highest BCUT2D eigenvalue weighted by molar-refractivity contribution is 5.35. The fraction of sp³-hybridized carbons (Fsp3) is 0.667. The number of fused-ring (bicyclic) bond motifs is 1. The van der Waals surface area contributed by atoms with Gasteiger partial charge in [-0.2, -0.15) is 13.2 Å². The summed E-state index contributed by atoms with van der Waals surface area (Å²) in [5, 5.41) is 0. The van der Waals surface area contributed by atoms with Crippen LogP contribution in [-0.2, 0) is 19.1 Å². The Hall–Kier alpha value is -1.07. The molecule has 1 fully saturated rings. The summed E-state index contributed by atoms with van der Waals surface area (Å²) < 4.78 is 38.3. The summed E-state index contributed by atoms with van der Waals surface area (Å²) in [5.41, 5.74) is 7.79. The van der Waals surface area contributed by atoms with E-state index in [1.807, 2.05) is 0 Å². The third-order valence-corrected chi connectivity index (χ3v) is 5.40. The van der Waals surface area contributed by atoms with Crippen LogP contribution in [0.4, 0.5) is 13.2 Å². The predicted octanol–water partition coefficient (Wildman–Crippen LogP) is 4.12. The third kappa shape index (κ3) is 4.07. The zero-order valence-electron chi connectivity index (χ0n) is 13.5. The smallest absolute Gasteiger partial charge is 0.325 e. The van der Waals surface area contributed by atoms with Crippen LogP contribution in [0.3, 0.4) is 0 Å². The molecule has 3 rings (SSSR count). The Bertz CT molecular complexity index is 548. The molecule has 1 aromatic rings. The lowest BCUT2D eigenvalue weighted by atomic mass is 9.80. The molecule has 1 aromatic carbocycles. The number of rotatable bonds is 3. The van der Waals surface area contributed by atoms with E-state index in [1.54, 1.807) is 6.07 Å². The number of hydrogen-bond acceptors (Lipinski definition) is 2. The van der Waals surface area contributed by atoms with Crippen molar-refractivity contribution in [3.8, 4) is 0 Å². The monoisotopic (exact) mass is 326 g/mol. The lowest BCUT2D eigenvalue weighted by Crippen LogP contribution is -2.45. The summed E-state index contributed by atoms with van der Waals surface area (Å²) in [6.07, 6.45) is 3.37. The third-order valence-electron chi connectivity index (χ3n) is 5.40. The molecule has 23 heavy (non-hydrogen) atoms. The lowest BCUT2D eigenvalue weighted by molar-refractivity contribution is -0.137. The summed E-state index contributed by atoms with van der Waals surface area (Å²) in [6, 6.07) is 4.16. The Morgan fingerprint density at radius 3 is 2.52 bits per heavy atom. The molecule has 1 aliphatic carbocycles. The molecular weight excluding hydrogens is 301 g/mol. The molecule has 0 aromatic heterocycles. The van der Waals surface area contributed by atoms with E-state index in [0.717, 1.165) is 50.0 Å². The maximum Gasteiger partial charge on any atom is 0.416 e. The van der Waals surface area contributed by atoms with Crippen LogP contribution in [0, 0.1) is 0 Å². The van der Waals surface area contributed by atoms with Gasteiger partial charge in [-0.3, -0.25) is 4.90 Å². The van der Waals surface area contributed by atoms with Crippen molar-refractivity contribution in [2.24, 2.45) is 5.73 Å². The van der Waals surface area contributed by atoms with Gasteiger partial charge in [0.05, 0.1) is 5.56 Å². The Morgan fingerprint density at radius 1 is 1.09 bits per heavy atom. The molecule has 0 saturated heterocycles. The summed E-state index contributed by atoms with van der Waals surface area (Å²) in [7, 11) is 0. The molecule has 0 spiro atoms. The van der Waals surface area contributed by atoms with E-state index in [4.69, 9.17) is 5.73 Å². The van der Waals surface area contributed by atoms with Crippen LogP contribution in [0.5, 0.6) is 0 Å². The van der Waals surface area contributed by atoms with E-state index in [0.29, 0.717) is 6.42 Å². The Balaban J connectivity index is 1.60. The molecule has 2 nitrogen and oxygen atoms in total. The van der Waals surface area contributed by atoms with Crippen molar-refractivity contribution in [3.05, 3.63) is 34.9 Å². The number of benzene rings is 1. The van der Waals surface area contributed by atoms with E-state index in [-0.39, 0.29) is 5.54 Å². The van der Waals surface area contributed by atoms with Crippen LogP contribution in [0.15, 0.2) is 18.2 Å². The van der Waals surface area contributed by atoms with Crippen LogP contribution < -0.4 is 5.73 Å². The van der Waals surface area contributed by atoms with E-state index in [9.17, 15) is 13.2 Å². The highest BCUT2D eigenvalue weighted by Crippen LogP contribution is 2.33. The first-order chi connectivity index (χ1) is 10.9. The molecule has 5 heteroatoms. The van der Waals surface area contributed by atoms with Gasteiger partial charge in [0, 0.05) is 25.2 Å². The maximum absolute atomic E-state index is 12.8. The van der Waals surface area contributed by atoms with Gasteiger partial charge in [0.2, 0.25) is 0 Å². The minimum Gasteiger partial charge on any atom is -0.325 e. The number of nitrogens with two attached hydrogens (primary N) is 1. The second-order valence-electron chi connectivity index (χ2n) is 7.18. The van der Waals surface area contributed by atoms with Gasteiger partial charge in [-0.05, 0) is 48.9 Å². The minimum absolute atomic E-state index is 0.0291. The summed E-state index contributed by atoms with van der Waals surface area (Å²) >= 11 is 0. The van der Waals surface area contributed by atoms with Gasteiger partial charge < -0.3 is 5.73 Å². The molecule has 0 amide bonds. The molecule has 1 heterocycles. The van der Waals surface area contributed by atoms with Crippen LogP contribution in [0.2, 0.25) is 0 Å². The number of nitrogens with zero attached hydrogens (tertiary/aromatic N) is 1. The van der Waals surface area contributed by atoms with Gasteiger partial charge in [0.1, 0.15) is 0 Å². The van der Waals surface area contributed by atoms with E-state index < -0.39 is 11.7 Å². The van der Waals surface area contributed by atoms with Crippen molar-refractivity contribution >= 4 is 0 Å². The second-order valence-corrected chi connectivity index (χ2v) is 7.18. The highest BCUT2D eigenvalue weighted by Gasteiger charge is 2.32.